The van der Waals surface area contributed by atoms with Gasteiger partial charge in [0.15, 0.2) is 5.78 Å². The van der Waals surface area contributed by atoms with Gasteiger partial charge in [0.05, 0.1) is 0 Å². The molecule has 2 N–H and O–H groups in total. The van der Waals surface area contributed by atoms with E-state index in [-0.39, 0.29) is 11.5 Å². The number of nitrogens with zero attached hydrogens (tertiary/aromatic N) is 1. The predicted octanol–water partition coefficient (Wildman–Crippen LogP) is 1.80. The Labute approximate surface area is 120 Å². The summed E-state index contributed by atoms with van der Waals surface area (Å²) in [6.07, 6.45) is 0.548. The maximum Gasteiger partial charge on any atom is 0.164 e. The molecular weight excluding hydrogens is 252 g/mol. The van der Waals surface area contributed by atoms with Crippen molar-refractivity contribution in [2.24, 2.45) is 0 Å². The Kier molecular flexibility index (Phi) is 4.78. The van der Waals surface area contributed by atoms with Crippen molar-refractivity contribution in [1.29, 1.82) is 0 Å². The van der Waals surface area contributed by atoms with Crippen molar-refractivity contribution in [3.8, 4) is 5.75 Å². The Bertz CT molecular complexity index is 506. The van der Waals surface area contributed by atoms with E-state index >= 15 is 0 Å². The number of nitrogens with one attached hydrogen (secondary N) is 1. The highest BCUT2D eigenvalue weighted by atomic mass is 16.3. The molecule has 0 amide bonds. The predicted molar refractivity (Wildman–Crippen MR) is 80.6 cm³/mol. The summed E-state index contributed by atoms with van der Waals surface area (Å²) >= 11 is 0. The van der Waals surface area contributed by atoms with Crippen LogP contribution in [0.15, 0.2) is 6.07 Å². The third kappa shape index (κ3) is 3.19. The number of Topliss-reactive ketones (excluding diaryl/α,β-unsaturated/α-hetero) is 1. The highest BCUT2D eigenvalue weighted by molar-refractivity contribution is 5.99. The zero-order valence-corrected chi connectivity index (χ0v) is 12.6. The molecule has 0 spiro atoms. The number of aromatic hydroxyl groups is 1. The lowest BCUT2D eigenvalue weighted by atomic mass is 9.93. The number of carbonyl (C=O) groups excluding carboxylic acids is 1. The van der Waals surface area contributed by atoms with E-state index in [2.05, 4.69) is 10.2 Å². The fourth-order valence-corrected chi connectivity index (χ4v) is 2.81. The van der Waals surface area contributed by atoms with Crippen LogP contribution in [0.3, 0.4) is 0 Å². The van der Waals surface area contributed by atoms with Gasteiger partial charge in [-0.25, -0.2) is 0 Å². The number of rotatable bonds is 4. The minimum atomic E-state index is 0.182. The van der Waals surface area contributed by atoms with Crippen molar-refractivity contribution in [2.75, 3.05) is 32.7 Å². The van der Waals surface area contributed by atoms with Crippen LogP contribution >= 0.6 is 0 Å². The van der Waals surface area contributed by atoms with E-state index in [0.29, 0.717) is 6.42 Å². The van der Waals surface area contributed by atoms with Gasteiger partial charge in [-0.3, -0.25) is 4.79 Å². The fraction of sp³-hybridized carbons (Fsp3) is 0.562. The molecule has 1 aromatic rings. The number of benzene rings is 1. The van der Waals surface area contributed by atoms with E-state index in [0.717, 1.165) is 55.0 Å². The molecular formula is C16H24N2O2. The van der Waals surface area contributed by atoms with Crippen LogP contribution in [-0.2, 0) is 0 Å². The van der Waals surface area contributed by atoms with Gasteiger partial charge in [-0.1, -0.05) is 0 Å². The molecule has 1 fully saturated rings. The third-order valence-electron chi connectivity index (χ3n) is 4.21. The summed E-state index contributed by atoms with van der Waals surface area (Å²) in [4.78, 5) is 14.8. The largest absolute Gasteiger partial charge is 0.508 e. The van der Waals surface area contributed by atoms with E-state index in [9.17, 15) is 9.90 Å². The van der Waals surface area contributed by atoms with Gasteiger partial charge in [-0.05, 0) is 43.5 Å². The standard InChI is InChI=1S/C16H24N2O2/c1-11-10-15(20)12(2)13(3)16(11)14(19)4-7-18-8-5-17-6-9-18/h10,17,20H,4-9H2,1-3H3. The SMILES string of the molecule is Cc1cc(O)c(C)c(C)c1C(=O)CCN1CCNCC1. The zero-order valence-electron chi connectivity index (χ0n) is 12.6. The van der Waals surface area contributed by atoms with E-state index in [1.165, 1.54) is 0 Å². The Morgan fingerprint density at radius 1 is 1.25 bits per heavy atom. The third-order valence-corrected chi connectivity index (χ3v) is 4.21. The summed E-state index contributed by atoms with van der Waals surface area (Å²) in [5.74, 6) is 0.459. The van der Waals surface area contributed by atoms with E-state index in [4.69, 9.17) is 0 Å². The molecule has 0 aromatic heterocycles. The lowest BCUT2D eigenvalue weighted by Gasteiger charge is -2.27. The lowest BCUT2D eigenvalue weighted by Crippen LogP contribution is -2.44. The minimum absolute atomic E-state index is 0.182. The fourth-order valence-electron chi connectivity index (χ4n) is 2.81. The van der Waals surface area contributed by atoms with Crippen molar-refractivity contribution in [2.45, 2.75) is 27.2 Å². The quantitative estimate of drug-likeness (QED) is 0.823. The van der Waals surface area contributed by atoms with Gasteiger partial charge in [0.1, 0.15) is 5.75 Å². The molecule has 0 saturated carbocycles. The van der Waals surface area contributed by atoms with E-state index < -0.39 is 0 Å². The van der Waals surface area contributed by atoms with Crippen molar-refractivity contribution in [3.05, 3.63) is 28.3 Å². The van der Waals surface area contributed by atoms with Crippen LogP contribution in [0.5, 0.6) is 5.75 Å². The Morgan fingerprint density at radius 2 is 1.90 bits per heavy atom. The van der Waals surface area contributed by atoms with Gasteiger partial charge in [0, 0.05) is 44.7 Å². The van der Waals surface area contributed by atoms with E-state index in [1.54, 1.807) is 6.07 Å². The first-order valence-corrected chi connectivity index (χ1v) is 7.26. The first-order chi connectivity index (χ1) is 9.50. The average Bonchev–Trinajstić information content (AvgIpc) is 2.44. The Balaban J connectivity index is 2.07. The van der Waals surface area contributed by atoms with Gasteiger partial charge >= 0.3 is 0 Å². The van der Waals surface area contributed by atoms with Crippen molar-refractivity contribution in [3.63, 3.8) is 0 Å². The van der Waals surface area contributed by atoms with Crippen LogP contribution in [0, 0.1) is 20.8 Å². The second-order valence-electron chi connectivity index (χ2n) is 5.60. The number of ketones is 1. The molecule has 20 heavy (non-hydrogen) atoms. The van der Waals surface area contributed by atoms with Gasteiger partial charge in [0.25, 0.3) is 0 Å². The summed E-state index contributed by atoms with van der Waals surface area (Å²) in [7, 11) is 0. The van der Waals surface area contributed by atoms with Crippen LogP contribution < -0.4 is 5.32 Å². The van der Waals surface area contributed by atoms with Crippen molar-refractivity contribution >= 4 is 5.78 Å². The Morgan fingerprint density at radius 3 is 2.55 bits per heavy atom. The number of hydrogen-bond donors (Lipinski definition) is 2. The van der Waals surface area contributed by atoms with Gasteiger partial charge in [-0.15, -0.1) is 0 Å². The molecule has 1 aliphatic rings. The second-order valence-corrected chi connectivity index (χ2v) is 5.60. The molecule has 0 aliphatic carbocycles. The zero-order chi connectivity index (χ0) is 14.7. The molecule has 2 rings (SSSR count). The molecule has 4 heteroatoms. The first kappa shape index (κ1) is 15.0. The summed E-state index contributed by atoms with van der Waals surface area (Å²) in [6.45, 7) is 10.5. The molecule has 1 heterocycles. The maximum absolute atomic E-state index is 12.5. The number of phenols is 1. The number of carbonyl (C=O) groups is 1. The molecule has 0 bridgehead atoms. The molecule has 0 unspecified atom stereocenters. The molecule has 1 saturated heterocycles. The van der Waals surface area contributed by atoms with Crippen molar-refractivity contribution in [1.82, 2.24) is 10.2 Å². The molecule has 1 aliphatic heterocycles. The summed E-state index contributed by atoms with van der Waals surface area (Å²) in [5, 5.41) is 13.1. The van der Waals surface area contributed by atoms with Crippen LogP contribution in [-0.4, -0.2) is 48.5 Å². The summed E-state index contributed by atoms with van der Waals surface area (Å²) in [5.41, 5.74) is 3.38. The van der Waals surface area contributed by atoms with Crippen LogP contribution in [0.25, 0.3) is 0 Å². The minimum Gasteiger partial charge on any atom is -0.508 e. The topological polar surface area (TPSA) is 52.6 Å². The van der Waals surface area contributed by atoms with Crippen LogP contribution in [0.1, 0.15) is 33.5 Å². The van der Waals surface area contributed by atoms with Gasteiger partial charge in [-0.2, -0.15) is 0 Å². The summed E-state index contributed by atoms with van der Waals surface area (Å²) in [6, 6.07) is 1.69. The number of phenolic OH excluding ortho intramolecular Hbond substituents is 1. The highest BCUT2D eigenvalue weighted by Gasteiger charge is 2.18. The van der Waals surface area contributed by atoms with Gasteiger partial charge < -0.3 is 15.3 Å². The number of piperazine rings is 1. The molecule has 0 atom stereocenters. The molecule has 110 valence electrons. The van der Waals surface area contributed by atoms with Crippen molar-refractivity contribution < 1.29 is 9.90 Å². The van der Waals surface area contributed by atoms with Gasteiger partial charge in [0.2, 0.25) is 0 Å². The van der Waals surface area contributed by atoms with Crippen LogP contribution in [0.4, 0.5) is 0 Å². The Hall–Kier alpha value is -1.39. The summed E-state index contributed by atoms with van der Waals surface area (Å²) < 4.78 is 0. The van der Waals surface area contributed by atoms with Crippen LogP contribution in [0.2, 0.25) is 0 Å². The number of aryl methyl sites for hydroxylation is 1. The molecule has 4 nitrogen and oxygen atoms in total. The van der Waals surface area contributed by atoms with E-state index in [1.807, 2.05) is 20.8 Å². The first-order valence-electron chi connectivity index (χ1n) is 7.26. The average molecular weight is 276 g/mol. The number of hydrogen-bond acceptors (Lipinski definition) is 4. The highest BCUT2D eigenvalue weighted by Crippen LogP contribution is 2.27. The maximum atomic E-state index is 12.5. The molecule has 1 aromatic carbocycles. The smallest absolute Gasteiger partial charge is 0.164 e. The second kappa shape index (κ2) is 6.37. The monoisotopic (exact) mass is 276 g/mol. The lowest BCUT2D eigenvalue weighted by molar-refractivity contribution is 0.0959. The normalized spacial score (nSPS) is 16.4. The molecule has 0 radical (unpaired) electrons.